The Balaban J connectivity index is 4.41. The van der Waals surface area contributed by atoms with Crippen LogP contribution in [0.5, 0.6) is 0 Å². The van der Waals surface area contributed by atoms with Crippen molar-refractivity contribution >= 4 is 17.9 Å². The van der Waals surface area contributed by atoms with E-state index in [0.29, 0.717) is 0 Å². The van der Waals surface area contributed by atoms with Gasteiger partial charge in [-0.05, 0) is 13.8 Å². The molecule has 0 unspecified atom stereocenters. The molecule has 6 heteroatoms. The van der Waals surface area contributed by atoms with E-state index in [1.807, 2.05) is 0 Å². The van der Waals surface area contributed by atoms with Crippen molar-refractivity contribution in [2.45, 2.75) is 13.8 Å². The average Bonchev–Trinajstić information content (AvgIpc) is 2.28. The molecule has 0 heterocycles. The Morgan fingerprint density at radius 2 is 1.65 bits per heavy atom. The smallest absolute Gasteiger partial charge is 0.344 e. The molecule has 0 fully saturated rings. The first kappa shape index (κ1) is 14.6. The van der Waals surface area contributed by atoms with E-state index in [4.69, 9.17) is 9.84 Å². The third kappa shape index (κ3) is 5.93. The molecular weight excluding hydrogens is 228 g/mol. The Bertz CT molecular complexity index is 402. The number of carbonyl (C=O) groups excluding carboxylic acids is 2. The van der Waals surface area contributed by atoms with Gasteiger partial charge in [-0.25, -0.2) is 14.4 Å². The second-order valence-electron chi connectivity index (χ2n) is 2.96. The second kappa shape index (κ2) is 7.00. The maximum atomic E-state index is 11.1. The summed E-state index contributed by atoms with van der Waals surface area (Å²) in [7, 11) is 0. The summed E-state index contributed by atoms with van der Waals surface area (Å²) >= 11 is 0. The molecule has 0 radical (unpaired) electrons. The molecule has 92 valence electrons. The van der Waals surface area contributed by atoms with E-state index in [9.17, 15) is 14.4 Å². The maximum Gasteiger partial charge on any atom is 0.344 e. The molecule has 0 aliphatic rings. The van der Waals surface area contributed by atoms with Crippen LogP contribution < -0.4 is 0 Å². The molecule has 0 rings (SSSR count). The third-order valence-electron chi connectivity index (χ3n) is 1.51. The summed E-state index contributed by atoms with van der Waals surface area (Å²) in [5.74, 6) is -2.91. The van der Waals surface area contributed by atoms with Gasteiger partial charge in [0.1, 0.15) is 12.5 Å². The summed E-state index contributed by atoms with van der Waals surface area (Å²) in [6.07, 6.45) is 2.78. The highest BCUT2D eigenvalue weighted by molar-refractivity contribution is 5.98. The van der Waals surface area contributed by atoms with Gasteiger partial charge in [0.05, 0.1) is 11.1 Å². The number of aliphatic carboxylic acids is 1. The normalized spacial score (nSPS) is 11.6. The Hall–Kier alpha value is -2.37. The maximum absolute atomic E-state index is 11.1. The monoisotopic (exact) mass is 240 g/mol. The Morgan fingerprint density at radius 1 is 1.12 bits per heavy atom. The molecule has 0 saturated heterocycles. The molecule has 0 amide bonds. The van der Waals surface area contributed by atoms with Gasteiger partial charge < -0.3 is 14.6 Å². The SMILES string of the molecule is C=CC(=O)OC(=O)C(C)=COC=C(C)C(=O)O. The highest BCUT2D eigenvalue weighted by Crippen LogP contribution is 2.00. The molecule has 0 aliphatic carbocycles. The van der Waals surface area contributed by atoms with Crippen molar-refractivity contribution in [3.63, 3.8) is 0 Å². The molecule has 1 N–H and O–H groups in total. The third-order valence-corrected chi connectivity index (χ3v) is 1.51. The van der Waals surface area contributed by atoms with Crippen LogP contribution in [0, 0.1) is 0 Å². The van der Waals surface area contributed by atoms with E-state index >= 15 is 0 Å². The predicted molar refractivity (Wildman–Crippen MR) is 57.5 cm³/mol. The van der Waals surface area contributed by atoms with Crippen molar-refractivity contribution in [3.8, 4) is 0 Å². The van der Waals surface area contributed by atoms with Gasteiger partial charge in [-0.1, -0.05) is 6.58 Å². The first-order valence-corrected chi connectivity index (χ1v) is 4.49. The predicted octanol–water partition coefficient (Wildman–Crippen LogP) is 1.15. The summed E-state index contributed by atoms with van der Waals surface area (Å²) in [5, 5.41) is 8.49. The summed E-state index contributed by atoms with van der Waals surface area (Å²) < 4.78 is 9.00. The first-order valence-electron chi connectivity index (χ1n) is 4.49. The lowest BCUT2D eigenvalue weighted by atomic mass is 10.3. The lowest BCUT2D eigenvalue weighted by molar-refractivity contribution is -0.153. The first-order chi connectivity index (χ1) is 7.88. The van der Waals surface area contributed by atoms with Crippen molar-refractivity contribution in [2.24, 2.45) is 0 Å². The molecule has 0 aromatic carbocycles. The standard InChI is InChI=1S/C11H12O6/c1-4-9(12)17-11(15)8(3)6-16-5-7(2)10(13)14/h4-6H,1H2,2-3H3,(H,13,14). The van der Waals surface area contributed by atoms with Gasteiger partial charge in [-0.3, -0.25) is 0 Å². The van der Waals surface area contributed by atoms with Gasteiger partial charge in [0.25, 0.3) is 0 Å². The zero-order valence-corrected chi connectivity index (χ0v) is 9.43. The van der Waals surface area contributed by atoms with Crippen LogP contribution in [0.25, 0.3) is 0 Å². The van der Waals surface area contributed by atoms with Crippen LogP contribution in [0.15, 0.2) is 36.3 Å². The summed E-state index contributed by atoms with van der Waals surface area (Å²) in [6.45, 7) is 5.80. The van der Waals surface area contributed by atoms with Gasteiger partial charge in [0.15, 0.2) is 0 Å². The zero-order chi connectivity index (χ0) is 13.4. The van der Waals surface area contributed by atoms with Crippen LogP contribution in [0.1, 0.15) is 13.8 Å². The molecule has 0 atom stereocenters. The number of carboxylic acid groups (broad SMARTS) is 1. The van der Waals surface area contributed by atoms with E-state index in [0.717, 1.165) is 18.6 Å². The molecule has 17 heavy (non-hydrogen) atoms. The van der Waals surface area contributed by atoms with E-state index in [1.54, 1.807) is 0 Å². The molecule has 6 nitrogen and oxygen atoms in total. The number of esters is 2. The van der Waals surface area contributed by atoms with Crippen LogP contribution in [0.3, 0.4) is 0 Å². The number of carbonyl (C=O) groups is 3. The molecule has 0 aromatic heterocycles. The van der Waals surface area contributed by atoms with E-state index in [-0.39, 0.29) is 11.1 Å². The van der Waals surface area contributed by atoms with Crippen LogP contribution in [0.2, 0.25) is 0 Å². The van der Waals surface area contributed by atoms with E-state index < -0.39 is 17.9 Å². The minimum atomic E-state index is -1.14. The van der Waals surface area contributed by atoms with Crippen molar-refractivity contribution in [2.75, 3.05) is 0 Å². The highest BCUT2D eigenvalue weighted by atomic mass is 16.6. The molecule has 0 spiro atoms. The van der Waals surface area contributed by atoms with Gasteiger partial charge in [-0.15, -0.1) is 0 Å². The Morgan fingerprint density at radius 3 is 2.12 bits per heavy atom. The molecular formula is C11H12O6. The molecule has 0 saturated carbocycles. The summed E-state index contributed by atoms with van der Waals surface area (Å²) in [5.41, 5.74) is -0.0285. The summed E-state index contributed by atoms with van der Waals surface area (Å²) in [4.78, 5) is 32.2. The van der Waals surface area contributed by atoms with Gasteiger partial charge >= 0.3 is 17.9 Å². The number of hydrogen-bond donors (Lipinski definition) is 1. The highest BCUT2D eigenvalue weighted by Gasteiger charge is 2.09. The minimum Gasteiger partial charge on any atom is -0.478 e. The minimum absolute atomic E-state index is 0.00892. The molecule has 0 bridgehead atoms. The Kier molecular flexibility index (Phi) is 6.02. The fourth-order valence-electron chi connectivity index (χ4n) is 0.550. The summed E-state index contributed by atoms with van der Waals surface area (Å²) in [6, 6.07) is 0. The van der Waals surface area contributed by atoms with Crippen LogP contribution in [0.4, 0.5) is 0 Å². The number of rotatable bonds is 5. The van der Waals surface area contributed by atoms with E-state index in [1.165, 1.54) is 13.8 Å². The van der Waals surface area contributed by atoms with Crippen molar-refractivity contribution in [3.05, 3.63) is 36.3 Å². The van der Waals surface area contributed by atoms with Crippen LogP contribution in [-0.4, -0.2) is 23.0 Å². The van der Waals surface area contributed by atoms with E-state index in [2.05, 4.69) is 11.3 Å². The largest absolute Gasteiger partial charge is 0.478 e. The number of carboxylic acids is 1. The molecule has 0 aromatic rings. The van der Waals surface area contributed by atoms with Crippen molar-refractivity contribution in [1.29, 1.82) is 0 Å². The quantitative estimate of drug-likeness (QED) is 0.335. The topological polar surface area (TPSA) is 89.9 Å². The van der Waals surface area contributed by atoms with Crippen molar-refractivity contribution in [1.82, 2.24) is 0 Å². The number of hydrogen-bond acceptors (Lipinski definition) is 5. The van der Waals surface area contributed by atoms with Gasteiger partial charge in [0.2, 0.25) is 0 Å². The zero-order valence-electron chi connectivity index (χ0n) is 9.43. The van der Waals surface area contributed by atoms with Crippen LogP contribution in [-0.2, 0) is 23.9 Å². The lowest BCUT2D eigenvalue weighted by Gasteiger charge is -1.99. The van der Waals surface area contributed by atoms with Gasteiger partial charge in [0, 0.05) is 6.08 Å². The Labute approximate surface area is 97.8 Å². The number of ether oxygens (including phenoxy) is 2. The van der Waals surface area contributed by atoms with Gasteiger partial charge in [-0.2, -0.15) is 0 Å². The second-order valence-corrected chi connectivity index (χ2v) is 2.96. The average molecular weight is 240 g/mol. The fraction of sp³-hybridized carbons (Fsp3) is 0.182. The van der Waals surface area contributed by atoms with Crippen molar-refractivity contribution < 1.29 is 29.0 Å². The van der Waals surface area contributed by atoms with Crippen LogP contribution >= 0.6 is 0 Å². The molecule has 0 aliphatic heterocycles. The lowest BCUT2D eigenvalue weighted by Crippen LogP contribution is -2.10. The fourth-order valence-corrected chi connectivity index (χ4v) is 0.550.